The number of alkyl halides is 2. The van der Waals surface area contributed by atoms with Crippen molar-refractivity contribution in [1.29, 1.82) is 0 Å². The molecule has 0 aliphatic rings. The van der Waals surface area contributed by atoms with Crippen molar-refractivity contribution >= 4 is 22.8 Å². The number of halogens is 2. The smallest absolute Gasteiger partial charge is 0.353 e. The van der Waals surface area contributed by atoms with Crippen LogP contribution in [0.1, 0.15) is 4.79 Å². The number of aliphatic hydroxyl groups is 3. The highest BCUT2D eigenvalue weighted by Crippen LogP contribution is 2.25. The van der Waals surface area contributed by atoms with Crippen LogP contribution in [0.5, 0.6) is 0 Å². The standard InChI is InChI=1S/C11H12F2N4O5/c12-11(13,8(20)5(19)2-18)10(22)17-3-15-7-4(17)1-6(14)16-9(7)21/h1,3,5,8,18-20H,2H2,(H3,14,16,21)/t5-,8-/m1/s1. The predicted octanol–water partition coefficient (Wildman–Crippen LogP) is -1.70. The first-order valence-corrected chi connectivity index (χ1v) is 5.95. The van der Waals surface area contributed by atoms with Crippen LogP contribution in [0.2, 0.25) is 0 Å². The van der Waals surface area contributed by atoms with Crippen LogP contribution in [0.25, 0.3) is 11.0 Å². The molecular formula is C11H12F2N4O5. The Morgan fingerprint density at radius 2 is 2.14 bits per heavy atom. The number of nitrogens with two attached hydrogens (primary N) is 1. The van der Waals surface area contributed by atoms with E-state index in [0.29, 0.717) is 10.9 Å². The number of hydrogen-bond donors (Lipinski definition) is 5. The molecule has 0 spiro atoms. The molecule has 11 heteroatoms. The summed E-state index contributed by atoms with van der Waals surface area (Å²) in [6.07, 6.45) is -4.38. The van der Waals surface area contributed by atoms with Crippen LogP contribution in [-0.4, -0.2) is 60.5 Å². The van der Waals surface area contributed by atoms with Crippen molar-refractivity contribution in [3.05, 3.63) is 22.7 Å². The molecule has 0 fully saturated rings. The van der Waals surface area contributed by atoms with Gasteiger partial charge in [0, 0.05) is 6.07 Å². The van der Waals surface area contributed by atoms with E-state index in [1.165, 1.54) is 0 Å². The maximum absolute atomic E-state index is 13.9. The summed E-state index contributed by atoms with van der Waals surface area (Å²) in [7, 11) is 0. The van der Waals surface area contributed by atoms with Gasteiger partial charge in [0.25, 0.3) is 5.56 Å². The SMILES string of the molecule is Nc1cc2c(ncn2C(=O)C(F)(F)[C@H](O)[C@H](O)CO)c(=O)[nH]1. The van der Waals surface area contributed by atoms with Gasteiger partial charge in [-0.1, -0.05) is 0 Å². The highest BCUT2D eigenvalue weighted by molar-refractivity contribution is 5.94. The molecule has 22 heavy (non-hydrogen) atoms. The molecule has 2 heterocycles. The molecule has 0 saturated carbocycles. The number of fused-ring (bicyclic) bond motifs is 1. The summed E-state index contributed by atoms with van der Waals surface area (Å²) in [6.45, 7) is -1.17. The summed E-state index contributed by atoms with van der Waals surface area (Å²) in [4.78, 5) is 29.1. The van der Waals surface area contributed by atoms with Gasteiger partial charge in [0.2, 0.25) is 0 Å². The molecule has 2 aromatic rings. The van der Waals surface area contributed by atoms with E-state index in [9.17, 15) is 23.5 Å². The minimum absolute atomic E-state index is 0.175. The Morgan fingerprint density at radius 1 is 1.50 bits per heavy atom. The Kier molecular flexibility index (Phi) is 3.96. The molecule has 120 valence electrons. The quantitative estimate of drug-likeness (QED) is 0.450. The third-order valence-electron chi connectivity index (χ3n) is 3.00. The van der Waals surface area contributed by atoms with Gasteiger partial charge in [0.1, 0.15) is 18.2 Å². The highest BCUT2D eigenvalue weighted by atomic mass is 19.3. The number of pyridine rings is 1. The normalized spacial score (nSPS) is 15.0. The van der Waals surface area contributed by atoms with Gasteiger partial charge in [-0.05, 0) is 0 Å². The lowest BCUT2D eigenvalue weighted by atomic mass is 10.1. The number of aromatic nitrogens is 3. The van der Waals surface area contributed by atoms with Gasteiger partial charge in [-0.15, -0.1) is 0 Å². The number of nitrogens with zero attached hydrogens (tertiary/aromatic N) is 2. The molecule has 0 saturated heterocycles. The van der Waals surface area contributed by atoms with Crippen molar-refractivity contribution in [2.45, 2.75) is 18.1 Å². The van der Waals surface area contributed by atoms with Crippen LogP contribution in [-0.2, 0) is 0 Å². The summed E-state index contributed by atoms with van der Waals surface area (Å²) in [5.41, 5.74) is 4.02. The minimum Gasteiger partial charge on any atom is -0.394 e. The number of nitrogens with one attached hydrogen (secondary N) is 1. The number of carbonyl (C=O) groups excluding carboxylic acids is 1. The van der Waals surface area contributed by atoms with Crippen LogP contribution >= 0.6 is 0 Å². The molecular weight excluding hydrogens is 306 g/mol. The second kappa shape index (κ2) is 5.44. The van der Waals surface area contributed by atoms with E-state index in [-0.39, 0.29) is 16.9 Å². The number of imidazole rings is 1. The van der Waals surface area contributed by atoms with E-state index in [0.717, 1.165) is 6.07 Å². The maximum atomic E-state index is 13.9. The van der Waals surface area contributed by atoms with E-state index in [1.54, 1.807) is 0 Å². The summed E-state index contributed by atoms with van der Waals surface area (Å²) in [6, 6.07) is 1.05. The first kappa shape index (κ1) is 16.0. The fourth-order valence-electron chi connectivity index (χ4n) is 1.83. The van der Waals surface area contributed by atoms with Gasteiger partial charge in [0.15, 0.2) is 11.6 Å². The molecule has 2 rings (SSSR count). The Bertz CT molecular complexity index is 771. The largest absolute Gasteiger partial charge is 0.394 e. The number of H-pyrrole nitrogens is 1. The molecule has 0 aromatic carbocycles. The summed E-state index contributed by atoms with van der Waals surface area (Å²) in [5.74, 6) is -6.53. The fraction of sp³-hybridized carbons (Fsp3) is 0.364. The Morgan fingerprint density at radius 3 is 2.73 bits per heavy atom. The molecule has 0 aliphatic heterocycles. The molecule has 6 N–H and O–H groups in total. The number of anilines is 1. The van der Waals surface area contributed by atoms with Crippen molar-refractivity contribution in [1.82, 2.24) is 14.5 Å². The monoisotopic (exact) mass is 318 g/mol. The average Bonchev–Trinajstić information content (AvgIpc) is 2.88. The maximum Gasteiger partial charge on any atom is 0.353 e. The molecule has 9 nitrogen and oxygen atoms in total. The Hall–Kier alpha value is -2.37. The highest BCUT2D eigenvalue weighted by Gasteiger charge is 2.50. The van der Waals surface area contributed by atoms with Crippen molar-refractivity contribution in [2.75, 3.05) is 12.3 Å². The lowest BCUT2D eigenvalue weighted by Gasteiger charge is -2.24. The number of carbonyl (C=O) groups is 1. The molecule has 0 aliphatic carbocycles. The summed E-state index contributed by atoms with van der Waals surface area (Å²) >= 11 is 0. The van der Waals surface area contributed by atoms with Crippen molar-refractivity contribution < 1.29 is 28.9 Å². The van der Waals surface area contributed by atoms with E-state index in [1.807, 2.05) is 0 Å². The minimum atomic E-state index is -4.42. The van der Waals surface area contributed by atoms with E-state index in [4.69, 9.17) is 15.9 Å². The summed E-state index contributed by atoms with van der Waals surface area (Å²) in [5, 5.41) is 27.0. The second-order valence-corrected chi connectivity index (χ2v) is 4.53. The van der Waals surface area contributed by atoms with Crippen LogP contribution in [0.4, 0.5) is 14.6 Å². The van der Waals surface area contributed by atoms with Gasteiger partial charge in [-0.2, -0.15) is 8.78 Å². The van der Waals surface area contributed by atoms with Gasteiger partial charge in [-0.25, -0.2) is 4.98 Å². The molecule has 0 unspecified atom stereocenters. The van der Waals surface area contributed by atoms with E-state index >= 15 is 0 Å². The number of rotatable bonds is 4. The zero-order valence-corrected chi connectivity index (χ0v) is 10.9. The Balaban J connectivity index is 2.52. The molecule has 0 amide bonds. The van der Waals surface area contributed by atoms with Crippen molar-refractivity contribution in [3.63, 3.8) is 0 Å². The summed E-state index contributed by atoms with van der Waals surface area (Å²) < 4.78 is 28.1. The van der Waals surface area contributed by atoms with Gasteiger partial charge in [0.05, 0.1) is 12.1 Å². The van der Waals surface area contributed by atoms with E-state index in [2.05, 4.69) is 9.97 Å². The van der Waals surface area contributed by atoms with Crippen LogP contribution in [0.15, 0.2) is 17.2 Å². The van der Waals surface area contributed by atoms with Crippen molar-refractivity contribution in [2.24, 2.45) is 0 Å². The molecule has 2 atom stereocenters. The van der Waals surface area contributed by atoms with Crippen LogP contribution in [0, 0.1) is 0 Å². The number of aromatic amines is 1. The zero-order chi connectivity index (χ0) is 16.7. The third-order valence-corrected chi connectivity index (χ3v) is 3.00. The van der Waals surface area contributed by atoms with Crippen LogP contribution < -0.4 is 11.3 Å². The second-order valence-electron chi connectivity index (χ2n) is 4.53. The first-order valence-electron chi connectivity index (χ1n) is 5.95. The number of aliphatic hydroxyl groups excluding tert-OH is 3. The Labute approximate surface area is 120 Å². The zero-order valence-electron chi connectivity index (χ0n) is 10.9. The van der Waals surface area contributed by atoms with E-state index < -0.39 is 36.2 Å². The molecule has 0 radical (unpaired) electrons. The van der Waals surface area contributed by atoms with Crippen molar-refractivity contribution in [3.8, 4) is 0 Å². The fourth-order valence-corrected chi connectivity index (χ4v) is 1.83. The molecule has 2 aromatic heterocycles. The first-order chi connectivity index (χ1) is 10.2. The lowest BCUT2D eigenvalue weighted by molar-refractivity contribution is -0.136. The lowest BCUT2D eigenvalue weighted by Crippen LogP contribution is -2.51. The van der Waals surface area contributed by atoms with Gasteiger partial charge >= 0.3 is 11.8 Å². The van der Waals surface area contributed by atoms with Crippen LogP contribution in [0.3, 0.4) is 0 Å². The number of nitrogen functional groups attached to an aromatic ring is 1. The topological polar surface area (TPSA) is 154 Å². The predicted molar refractivity (Wildman–Crippen MR) is 69.4 cm³/mol. The average molecular weight is 318 g/mol. The third kappa shape index (κ3) is 2.45. The molecule has 0 bridgehead atoms. The number of hydrogen-bond acceptors (Lipinski definition) is 7. The van der Waals surface area contributed by atoms with Gasteiger partial charge in [-0.3, -0.25) is 14.2 Å². The van der Waals surface area contributed by atoms with Gasteiger partial charge < -0.3 is 26.0 Å².